The van der Waals surface area contributed by atoms with E-state index in [-0.39, 0.29) is 5.54 Å². The van der Waals surface area contributed by atoms with Crippen molar-refractivity contribution >= 4 is 0 Å². The van der Waals surface area contributed by atoms with Gasteiger partial charge in [-0.15, -0.1) is 0 Å². The van der Waals surface area contributed by atoms with Crippen molar-refractivity contribution in [1.82, 2.24) is 10.3 Å². The van der Waals surface area contributed by atoms with E-state index in [1.165, 1.54) is 12.8 Å². The molecule has 0 rings (SSSR count). The van der Waals surface area contributed by atoms with E-state index in [0.29, 0.717) is 6.04 Å². The highest BCUT2D eigenvalue weighted by molar-refractivity contribution is 4.89. The Morgan fingerprint density at radius 3 is 2.23 bits per heavy atom. The largest absolute Gasteiger partial charge is 0.303 e. The van der Waals surface area contributed by atoms with Crippen LogP contribution in [0, 0.1) is 0 Å². The average molecular weight is 187 g/mol. The third kappa shape index (κ3) is 3.63. The molecular formula is C10H25N3. The molecule has 0 aromatic heterocycles. The molecule has 0 spiro atoms. The van der Waals surface area contributed by atoms with E-state index in [0.717, 1.165) is 6.42 Å². The first-order valence-electron chi connectivity index (χ1n) is 5.10. The van der Waals surface area contributed by atoms with Gasteiger partial charge in [-0.25, -0.2) is 0 Å². The van der Waals surface area contributed by atoms with Gasteiger partial charge in [0, 0.05) is 11.6 Å². The van der Waals surface area contributed by atoms with E-state index in [1.807, 2.05) is 0 Å². The fourth-order valence-electron chi connectivity index (χ4n) is 1.36. The highest BCUT2D eigenvalue weighted by Crippen LogP contribution is 2.19. The molecule has 80 valence electrons. The molecule has 0 aliphatic heterocycles. The van der Waals surface area contributed by atoms with Crippen LogP contribution in [0.15, 0.2) is 0 Å². The molecule has 0 saturated heterocycles. The molecule has 0 heterocycles. The summed E-state index contributed by atoms with van der Waals surface area (Å²) in [5.74, 6) is 5.56. The van der Waals surface area contributed by atoms with Crippen LogP contribution in [0.25, 0.3) is 0 Å². The molecule has 1 unspecified atom stereocenters. The zero-order valence-corrected chi connectivity index (χ0v) is 9.72. The number of nitrogens with zero attached hydrogens (tertiary/aromatic N) is 1. The van der Waals surface area contributed by atoms with Crippen molar-refractivity contribution < 1.29 is 0 Å². The maximum Gasteiger partial charge on any atom is 0.0389 e. The molecule has 0 aliphatic carbocycles. The van der Waals surface area contributed by atoms with Crippen molar-refractivity contribution in [2.45, 2.75) is 51.6 Å². The Labute approximate surface area is 82.6 Å². The Kier molecular flexibility index (Phi) is 5.53. The Hall–Kier alpha value is -0.120. The van der Waals surface area contributed by atoms with Gasteiger partial charge >= 0.3 is 0 Å². The number of likely N-dealkylation sites (N-methyl/N-ethyl adjacent to an activating group) is 1. The van der Waals surface area contributed by atoms with Crippen LogP contribution in [0.4, 0.5) is 0 Å². The van der Waals surface area contributed by atoms with Gasteiger partial charge in [-0.3, -0.25) is 11.3 Å². The second-order valence-corrected chi connectivity index (χ2v) is 4.41. The van der Waals surface area contributed by atoms with E-state index in [1.54, 1.807) is 0 Å². The first kappa shape index (κ1) is 12.9. The average Bonchev–Trinajstić information content (AvgIpc) is 2.05. The van der Waals surface area contributed by atoms with Crippen LogP contribution in [-0.2, 0) is 0 Å². The third-order valence-corrected chi connectivity index (χ3v) is 3.05. The second-order valence-electron chi connectivity index (χ2n) is 4.41. The lowest BCUT2D eigenvalue weighted by molar-refractivity contribution is 0.131. The van der Waals surface area contributed by atoms with Crippen LogP contribution in [0.5, 0.6) is 0 Å². The lowest BCUT2D eigenvalue weighted by atomic mass is 9.90. The molecule has 3 N–H and O–H groups in total. The highest BCUT2D eigenvalue weighted by atomic mass is 15.3. The van der Waals surface area contributed by atoms with Crippen molar-refractivity contribution in [1.29, 1.82) is 0 Å². The van der Waals surface area contributed by atoms with Gasteiger partial charge in [0.2, 0.25) is 0 Å². The number of hydrogen-bond donors (Lipinski definition) is 2. The number of rotatable bonds is 6. The van der Waals surface area contributed by atoms with Gasteiger partial charge in [-0.2, -0.15) is 0 Å². The molecular weight excluding hydrogens is 162 g/mol. The predicted octanol–water partition coefficient (Wildman–Crippen LogP) is 1.35. The molecule has 1 atom stereocenters. The molecule has 0 aliphatic rings. The first-order chi connectivity index (χ1) is 5.96. The first-order valence-corrected chi connectivity index (χ1v) is 5.10. The topological polar surface area (TPSA) is 41.3 Å². The lowest BCUT2D eigenvalue weighted by Crippen LogP contribution is -2.57. The van der Waals surface area contributed by atoms with Gasteiger partial charge in [0.25, 0.3) is 0 Å². The van der Waals surface area contributed by atoms with Crippen molar-refractivity contribution in [3.63, 3.8) is 0 Å². The Bertz CT molecular complexity index is 132. The molecule has 13 heavy (non-hydrogen) atoms. The van der Waals surface area contributed by atoms with Crippen LogP contribution in [0.1, 0.15) is 40.0 Å². The summed E-state index contributed by atoms with van der Waals surface area (Å²) in [5, 5.41) is 0. The maximum absolute atomic E-state index is 5.56. The number of hydrazine groups is 1. The summed E-state index contributed by atoms with van der Waals surface area (Å²) >= 11 is 0. The SMILES string of the molecule is CCCCC(NN)C(C)(C)N(C)C. The monoisotopic (exact) mass is 187 g/mol. The van der Waals surface area contributed by atoms with E-state index in [2.05, 4.69) is 45.2 Å². The molecule has 0 fully saturated rings. The summed E-state index contributed by atoms with van der Waals surface area (Å²) in [5.41, 5.74) is 3.03. The van der Waals surface area contributed by atoms with Crippen LogP contribution in [0.3, 0.4) is 0 Å². The highest BCUT2D eigenvalue weighted by Gasteiger charge is 2.29. The molecule has 0 amide bonds. The smallest absolute Gasteiger partial charge is 0.0389 e. The van der Waals surface area contributed by atoms with E-state index >= 15 is 0 Å². The predicted molar refractivity (Wildman–Crippen MR) is 58.4 cm³/mol. The van der Waals surface area contributed by atoms with Gasteiger partial charge in [-0.1, -0.05) is 19.8 Å². The second kappa shape index (κ2) is 5.58. The lowest BCUT2D eigenvalue weighted by Gasteiger charge is -2.39. The minimum atomic E-state index is 0.115. The fraction of sp³-hybridized carbons (Fsp3) is 1.00. The molecule has 3 heteroatoms. The molecule has 0 bridgehead atoms. The summed E-state index contributed by atoms with van der Waals surface area (Å²) in [7, 11) is 4.19. The van der Waals surface area contributed by atoms with Crippen molar-refractivity contribution in [2.75, 3.05) is 14.1 Å². The van der Waals surface area contributed by atoms with Crippen molar-refractivity contribution in [2.24, 2.45) is 5.84 Å². The Morgan fingerprint density at radius 1 is 1.38 bits per heavy atom. The molecule has 3 nitrogen and oxygen atoms in total. The number of nitrogens with two attached hydrogens (primary N) is 1. The summed E-state index contributed by atoms with van der Waals surface area (Å²) < 4.78 is 0. The summed E-state index contributed by atoms with van der Waals surface area (Å²) in [6.07, 6.45) is 3.59. The minimum absolute atomic E-state index is 0.115. The summed E-state index contributed by atoms with van der Waals surface area (Å²) in [6.45, 7) is 6.64. The van der Waals surface area contributed by atoms with Gasteiger partial charge in [0.15, 0.2) is 0 Å². The number of hydrogen-bond acceptors (Lipinski definition) is 3. The van der Waals surface area contributed by atoms with Crippen LogP contribution < -0.4 is 11.3 Å². The van der Waals surface area contributed by atoms with Gasteiger partial charge in [0.05, 0.1) is 0 Å². The molecule has 0 radical (unpaired) electrons. The summed E-state index contributed by atoms with van der Waals surface area (Å²) in [4.78, 5) is 2.22. The van der Waals surface area contributed by atoms with Gasteiger partial charge < -0.3 is 4.90 Å². The van der Waals surface area contributed by atoms with Crippen molar-refractivity contribution in [3.05, 3.63) is 0 Å². The molecule has 0 saturated carbocycles. The zero-order chi connectivity index (χ0) is 10.5. The normalized spacial score (nSPS) is 15.0. The molecule has 0 aromatic carbocycles. The quantitative estimate of drug-likeness (QED) is 0.487. The number of nitrogens with one attached hydrogen (secondary N) is 1. The minimum Gasteiger partial charge on any atom is -0.303 e. The Balaban J connectivity index is 4.19. The van der Waals surface area contributed by atoms with E-state index in [4.69, 9.17) is 5.84 Å². The maximum atomic E-state index is 5.56. The van der Waals surface area contributed by atoms with Crippen LogP contribution >= 0.6 is 0 Å². The van der Waals surface area contributed by atoms with Crippen LogP contribution in [0.2, 0.25) is 0 Å². The standard InChI is InChI=1S/C10H25N3/c1-6-7-8-9(12-11)10(2,3)13(4)5/h9,12H,6-8,11H2,1-5H3. The van der Waals surface area contributed by atoms with E-state index < -0.39 is 0 Å². The molecule has 0 aromatic rings. The van der Waals surface area contributed by atoms with Crippen molar-refractivity contribution in [3.8, 4) is 0 Å². The van der Waals surface area contributed by atoms with Crippen LogP contribution in [-0.4, -0.2) is 30.6 Å². The summed E-state index contributed by atoms with van der Waals surface area (Å²) in [6, 6.07) is 0.363. The van der Waals surface area contributed by atoms with Gasteiger partial charge in [-0.05, 0) is 34.4 Å². The Morgan fingerprint density at radius 2 is 1.92 bits per heavy atom. The fourth-order valence-corrected chi connectivity index (χ4v) is 1.36. The van der Waals surface area contributed by atoms with Gasteiger partial charge in [0.1, 0.15) is 0 Å². The third-order valence-electron chi connectivity index (χ3n) is 3.05. The number of unbranched alkanes of at least 4 members (excludes halogenated alkanes) is 1. The van der Waals surface area contributed by atoms with E-state index in [9.17, 15) is 0 Å². The zero-order valence-electron chi connectivity index (χ0n) is 9.72.